The summed E-state index contributed by atoms with van der Waals surface area (Å²) >= 11 is 8.95. The summed E-state index contributed by atoms with van der Waals surface area (Å²) in [5.74, 6) is 0.211. The van der Waals surface area contributed by atoms with E-state index in [2.05, 4.69) is 24.1 Å². The number of rotatable bonds is 6. The molecule has 0 aliphatic carbocycles. The van der Waals surface area contributed by atoms with Crippen LogP contribution in [0.5, 0.6) is 0 Å². The predicted molar refractivity (Wildman–Crippen MR) is 109 cm³/mol. The highest BCUT2D eigenvalue weighted by Crippen LogP contribution is 2.33. The molecule has 2 aromatic rings. The molecule has 0 saturated heterocycles. The van der Waals surface area contributed by atoms with Crippen LogP contribution in [0.3, 0.4) is 0 Å². The molecule has 3 N–H and O–H groups in total. The lowest BCUT2D eigenvalue weighted by molar-refractivity contribution is -0.122. The molecule has 0 saturated carbocycles. The van der Waals surface area contributed by atoms with Crippen molar-refractivity contribution in [3.05, 3.63) is 27.5 Å². The molecule has 2 rings (SSSR count). The van der Waals surface area contributed by atoms with E-state index in [4.69, 9.17) is 17.3 Å². The largest absolute Gasteiger partial charge is 0.349 e. The van der Waals surface area contributed by atoms with E-state index < -0.39 is 5.54 Å². The van der Waals surface area contributed by atoms with Gasteiger partial charge in [-0.3, -0.25) is 4.79 Å². The average molecular weight is 431 g/mol. The molecule has 0 aliphatic rings. The van der Waals surface area contributed by atoms with Gasteiger partial charge in [-0.15, -0.1) is 47.5 Å². The predicted octanol–water partition coefficient (Wildman–Crippen LogP) is 4.40. The minimum atomic E-state index is -0.392. The Morgan fingerprint density at radius 2 is 2.08 bits per heavy atom. The van der Waals surface area contributed by atoms with E-state index in [1.165, 1.54) is 22.7 Å². The molecule has 24 heavy (non-hydrogen) atoms. The van der Waals surface area contributed by atoms with Crippen LogP contribution in [-0.2, 0) is 11.2 Å². The topological polar surface area (TPSA) is 68.0 Å². The molecule has 0 spiro atoms. The molecule has 2 aromatic heterocycles. The van der Waals surface area contributed by atoms with Gasteiger partial charge in [0.1, 0.15) is 5.01 Å². The number of halogens is 3. The third-order valence-electron chi connectivity index (χ3n) is 3.80. The summed E-state index contributed by atoms with van der Waals surface area (Å²) in [5.41, 5.74) is 6.17. The monoisotopic (exact) mass is 429 g/mol. The van der Waals surface area contributed by atoms with Gasteiger partial charge in [0.05, 0.1) is 26.9 Å². The third kappa shape index (κ3) is 5.86. The summed E-state index contributed by atoms with van der Waals surface area (Å²) in [5, 5.41) is 5.83. The summed E-state index contributed by atoms with van der Waals surface area (Å²) in [4.78, 5) is 17.8. The Bertz CT molecular complexity index is 660. The van der Waals surface area contributed by atoms with Crippen molar-refractivity contribution >= 4 is 65.0 Å². The van der Waals surface area contributed by atoms with Crippen LogP contribution in [0.1, 0.15) is 26.5 Å². The number of nitrogens with one attached hydrogen (secondary N) is 1. The maximum Gasteiger partial charge on any atom is 0.226 e. The number of nitrogens with zero attached hydrogens (tertiary/aromatic N) is 1. The molecule has 2 heterocycles. The number of thiophene rings is 1. The number of aromatic nitrogens is 1. The zero-order chi connectivity index (χ0) is 16.3. The van der Waals surface area contributed by atoms with Gasteiger partial charge in [-0.1, -0.05) is 25.4 Å². The van der Waals surface area contributed by atoms with Crippen LogP contribution in [0, 0.1) is 5.92 Å². The van der Waals surface area contributed by atoms with Crippen LogP contribution in [0.4, 0.5) is 0 Å². The fourth-order valence-corrected chi connectivity index (χ4v) is 3.82. The summed E-state index contributed by atoms with van der Waals surface area (Å²) in [6.45, 7) is 6.48. The van der Waals surface area contributed by atoms with Crippen molar-refractivity contribution in [3.63, 3.8) is 0 Å². The second kappa shape index (κ2) is 9.94. The maximum atomic E-state index is 12.2. The van der Waals surface area contributed by atoms with Gasteiger partial charge in [-0.25, -0.2) is 4.98 Å². The van der Waals surface area contributed by atoms with E-state index >= 15 is 0 Å². The first-order valence-electron chi connectivity index (χ1n) is 7.05. The van der Waals surface area contributed by atoms with Gasteiger partial charge in [-0.05, 0) is 25.0 Å². The van der Waals surface area contributed by atoms with E-state index in [0.29, 0.717) is 6.54 Å². The van der Waals surface area contributed by atoms with Gasteiger partial charge in [0, 0.05) is 11.9 Å². The van der Waals surface area contributed by atoms with E-state index in [1.807, 2.05) is 24.4 Å². The highest BCUT2D eigenvalue weighted by atomic mass is 35.5. The van der Waals surface area contributed by atoms with E-state index in [1.54, 1.807) is 0 Å². The highest BCUT2D eigenvalue weighted by Gasteiger charge is 2.28. The lowest BCUT2D eigenvalue weighted by Crippen LogP contribution is -2.55. The second-order valence-corrected chi connectivity index (χ2v) is 8.32. The first-order chi connectivity index (χ1) is 10.3. The second-order valence-electron chi connectivity index (χ2n) is 5.75. The number of hydrogen-bond donors (Lipinski definition) is 2. The number of carbonyl (C=O) groups is 1. The lowest BCUT2D eigenvalue weighted by Gasteiger charge is -2.33. The van der Waals surface area contributed by atoms with Crippen LogP contribution < -0.4 is 11.1 Å². The van der Waals surface area contributed by atoms with Crippen molar-refractivity contribution in [2.75, 3.05) is 6.54 Å². The van der Waals surface area contributed by atoms with Gasteiger partial charge in [0.2, 0.25) is 5.91 Å². The quantitative estimate of drug-likeness (QED) is 0.713. The SMILES string of the molecule is CC(C)C(C)(CN)NC(=O)Cc1csc(-c2ccc(Cl)s2)n1.Cl.Cl. The Morgan fingerprint density at radius 1 is 1.42 bits per heavy atom. The van der Waals surface area contributed by atoms with Gasteiger partial charge >= 0.3 is 0 Å². The van der Waals surface area contributed by atoms with Crippen molar-refractivity contribution < 1.29 is 4.79 Å². The first-order valence-corrected chi connectivity index (χ1v) is 9.12. The number of amides is 1. The molecule has 0 aromatic carbocycles. The number of hydrogen-bond acceptors (Lipinski definition) is 5. The molecular formula is C15H22Cl3N3OS2. The Balaban J connectivity index is 0.00000264. The Morgan fingerprint density at radius 3 is 2.58 bits per heavy atom. The Labute approximate surface area is 168 Å². The lowest BCUT2D eigenvalue weighted by atomic mass is 9.88. The fraction of sp³-hybridized carbons (Fsp3) is 0.467. The van der Waals surface area contributed by atoms with Crippen molar-refractivity contribution in [1.82, 2.24) is 10.3 Å². The van der Waals surface area contributed by atoms with Gasteiger partial charge in [0.15, 0.2) is 0 Å². The minimum absolute atomic E-state index is 0. The normalized spacial score (nSPS) is 12.9. The summed E-state index contributed by atoms with van der Waals surface area (Å²) < 4.78 is 0.736. The summed E-state index contributed by atoms with van der Waals surface area (Å²) in [7, 11) is 0. The fourth-order valence-electron chi connectivity index (χ4n) is 1.89. The summed E-state index contributed by atoms with van der Waals surface area (Å²) in [6.07, 6.45) is 0.262. The van der Waals surface area contributed by atoms with Gasteiger partial charge in [0.25, 0.3) is 0 Å². The molecule has 0 fully saturated rings. The first kappa shape index (κ1) is 23.6. The van der Waals surface area contributed by atoms with Crippen LogP contribution in [0.2, 0.25) is 4.34 Å². The molecule has 1 atom stereocenters. The molecule has 1 unspecified atom stereocenters. The Kier molecular flexibility index (Phi) is 9.79. The Hall–Kier alpha value is -0.370. The van der Waals surface area contributed by atoms with Crippen molar-refractivity contribution in [1.29, 1.82) is 0 Å². The number of carbonyl (C=O) groups excluding carboxylic acids is 1. The van der Waals surface area contributed by atoms with Crippen molar-refractivity contribution in [2.24, 2.45) is 11.7 Å². The molecule has 9 heteroatoms. The van der Waals surface area contributed by atoms with E-state index in [0.717, 1.165) is 19.9 Å². The van der Waals surface area contributed by atoms with Crippen LogP contribution in [0.15, 0.2) is 17.5 Å². The van der Waals surface area contributed by atoms with Crippen LogP contribution >= 0.6 is 59.1 Å². The standard InChI is InChI=1S/C15H20ClN3OS2.2ClH/c1-9(2)15(3,8-17)19-13(20)6-10-7-21-14(18-10)11-4-5-12(16)22-11;;/h4-5,7,9H,6,8,17H2,1-3H3,(H,19,20);2*1H. The van der Waals surface area contributed by atoms with E-state index in [-0.39, 0.29) is 43.1 Å². The minimum Gasteiger partial charge on any atom is -0.349 e. The molecular weight excluding hydrogens is 409 g/mol. The molecule has 0 aliphatic heterocycles. The molecule has 4 nitrogen and oxygen atoms in total. The van der Waals surface area contributed by atoms with Crippen LogP contribution in [0.25, 0.3) is 9.88 Å². The molecule has 0 bridgehead atoms. The third-order valence-corrected chi connectivity index (χ3v) is 6.09. The van der Waals surface area contributed by atoms with Gasteiger partial charge < -0.3 is 11.1 Å². The van der Waals surface area contributed by atoms with Crippen molar-refractivity contribution in [2.45, 2.75) is 32.7 Å². The van der Waals surface area contributed by atoms with Gasteiger partial charge in [-0.2, -0.15) is 0 Å². The molecule has 0 radical (unpaired) electrons. The maximum absolute atomic E-state index is 12.2. The average Bonchev–Trinajstić information content (AvgIpc) is 3.07. The van der Waals surface area contributed by atoms with E-state index in [9.17, 15) is 4.79 Å². The number of nitrogens with two attached hydrogens (primary N) is 1. The zero-order valence-electron chi connectivity index (χ0n) is 13.7. The molecule has 136 valence electrons. The number of thiazole rings is 1. The smallest absolute Gasteiger partial charge is 0.226 e. The van der Waals surface area contributed by atoms with Crippen molar-refractivity contribution in [3.8, 4) is 9.88 Å². The summed E-state index contributed by atoms with van der Waals surface area (Å²) in [6, 6.07) is 3.80. The zero-order valence-corrected chi connectivity index (χ0v) is 17.7. The molecule has 1 amide bonds. The highest BCUT2D eigenvalue weighted by molar-refractivity contribution is 7.23. The van der Waals surface area contributed by atoms with Crippen LogP contribution in [-0.4, -0.2) is 23.0 Å².